The standard InChI is InChI=1S/C14H13BrFNO2S/c1-9-3-5-12(7-10(9)2)20(18,19)17-14-6-4-11(15)8-13(14)16/h3-8,17H,1-2H3. The Hall–Kier alpha value is -1.40. The molecule has 3 nitrogen and oxygen atoms in total. The molecule has 106 valence electrons. The molecular weight excluding hydrogens is 345 g/mol. The van der Waals surface area contributed by atoms with Crippen LogP contribution in [0.1, 0.15) is 11.1 Å². The van der Waals surface area contributed by atoms with Gasteiger partial charge in [0.1, 0.15) is 5.82 Å². The van der Waals surface area contributed by atoms with Crippen molar-refractivity contribution in [2.24, 2.45) is 0 Å². The zero-order chi connectivity index (χ0) is 14.9. The minimum Gasteiger partial charge on any atom is -0.277 e. The predicted molar refractivity (Wildman–Crippen MR) is 80.8 cm³/mol. The average Bonchev–Trinajstić information content (AvgIpc) is 2.36. The van der Waals surface area contributed by atoms with Crippen molar-refractivity contribution >= 4 is 31.6 Å². The lowest BCUT2D eigenvalue weighted by Gasteiger charge is -2.10. The number of anilines is 1. The van der Waals surface area contributed by atoms with Crippen molar-refractivity contribution < 1.29 is 12.8 Å². The molecule has 0 aromatic heterocycles. The van der Waals surface area contributed by atoms with Gasteiger partial charge in [0.15, 0.2) is 0 Å². The molecule has 2 aromatic carbocycles. The summed E-state index contributed by atoms with van der Waals surface area (Å²) >= 11 is 3.12. The van der Waals surface area contributed by atoms with Gasteiger partial charge in [0.05, 0.1) is 10.6 Å². The molecule has 0 saturated heterocycles. The molecule has 0 saturated carbocycles. The molecule has 0 amide bonds. The number of aryl methyl sites for hydroxylation is 2. The second-order valence-electron chi connectivity index (χ2n) is 4.48. The van der Waals surface area contributed by atoms with Crippen LogP contribution in [0.3, 0.4) is 0 Å². The van der Waals surface area contributed by atoms with E-state index >= 15 is 0 Å². The van der Waals surface area contributed by atoms with Gasteiger partial charge in [-0.15, -0.1) is 0 Å². The van der Waals surface area contributed by atoms with E-state index in [9.17, 15) is 12.8 Å². The van der Waals surface area contributed by atoms with E-state index in [0.29, 0.717) is 4.47 Å². The summed E-state index contributed by atoms with van der Waals surface area (Å²) in [6.45, 7) is 3.72. The van der Waals surface area contributed by atoms with E-state index < -0.39 is 15.8 Å². The summed E-state index contributed by atoms with van der Waals surface area (Å²) < 4.78 is 40.9. The lowest BCUT2D eigenvalue weighted by atomic mass is 10.1. The number of nitrogens with one attached hydrogen (secondary N) is 1. The number of benzene rings is 2. The topological polar surface area (TPSA) is 46.2 Å². The first-order valence-corrected chi connectivity index (χ1v) is 8.12. The number of hydrogen-bond donors (Lipinski definition) is 1. The lowest BCUT2D eigenvalue weighted by molar-refractivity contribution is 0.598. The van der Waals surface area contributed by atoms with Gasteiger partial charge in [-0.05, 0) is 55.3 Å². The van der Waals surface area contributed by atoms with E-state index in [1.165, 1.54) is 18.2 Å². The first-order valence-electron chi connectivity index (χ1n) is 5.85. The molecular formula is C14H13BrFNO2S. The Kier molecular flexibility index (Phi) is 4.15. The van der Waals surface area contributed by atoms with Crippen LogP contribution in [0.2, 0.25) is 0 Å². The summed E-state index contributed by atoms with van der Waals surface area (Å²) in [6, 6.07) is 8.94. The summed E-state index contributed by atoms with van der Waals surface area (Å²) in [7, 11) is -3.79. The van der Waals surface area contributed by atoms with Gasteiger partial charge in [-0.3, -0.25) is 4.72 Å². The summed E-state index contributed by atoms with van der Waals surface area (Å²) in [4.78, 5) is 0.114. The number of halogens is 2. The van der Waals surface area contributed by atoms with Crippen molar-refractivity contribution in [3.05, 3.63) is 57.8 Å². The number of sulfonamides is 1. The Labute approximate surface area is 126 Å². The van der Waals surface area contributed by atoms with E-state index in [-0.39, 0.29) is 10.6 Å². The maximum absolute atomic E-state index is 13.7. The zero-order valence-electron chi connectivity index (χ0n) is 10.9. The maximum Gasteiger partial charge on any atom is 0.261 e. The SMILES string of the molecule is Cc1ccc(S(=O)(=O)Nc2ccc(Br)cc2F)cc1C. The second kappa shape index (κ2) is 5.54. The first kappa shape index (κ1) is 15.0. The molecule has 0 bridgehead atoms. The molecule has 0 heterocycles. The average molecular weight is 358 g/mol. The van der Waals surface area contributed by atoms with Gasteiger partial charge in [-0.25, -0.2) is 12.8 Å². The molecule has 0 aliphatic heterocycles. The quantitative estimate of drug-likeness (QED) is 0.901. The highest BCUT2D eigenvalue weighted by molar-refractivity contribution is 9.10. The van der Waals surface area contributed by atoms with Crippen LogP contribution in [0.25, 0.3) is 0 Å². The lowest BCUT2D eigenvalue weighted by Crippen LogP contribution is -2.14. The van der Waals surface area contributed by atoms with Crippen molar-refractivity contribution in [1.82, 2.24) is 0 Å². The molecule has 2 rings (SSSR count). The Morgan fingerprint density at radius 1 is 1.05 bits per heavy atom. The molecule has 0 aliphatic carbocycles. The Morgan fingerprint density at radius 3 is 2.35 bits per heavy atom. The molecule has 6 heteroatoms. The molecule has 1 N–H and O–H groups in total. The van der Waals surface area contributed by atoms with E-state index in [1.807, 2.05) is 13.8 Å². The summed E-state index contributed by atoms with van der Waals surface area (Å²) in [5, 5.41) is 0. The fourth-order valence-corrected chi connectivity index (χ4v) is 3.14. The third-order valence-corrected chi connectivity index (χ3v) is 4.82. The van der Waals surface area contributed by atoms with Gasteiger partial charge in [-0.1, -0.05) is 22.0 Å². The summed E-state index contributed by atoms with van der Waals surface area (Å²) in [6.07, 6.45) is 0. The normalized spacial score (nSPS) is 11.4. The van der Waals surface area contributed by atoms with Gasteiger partial charge in [0.2, 0.25) is 0 Å². The Balaban J connectivity index is 2.38. The molecule has 0 spiro atoms. The second-order valence-corrected chi connectivity index (χ2v) is 7.07. The summed E-state index contributed by atoms with van der Waals surface area (Å²) in [5.74, 6) is -0.633. The third-order valence-electron chi connectivity index (χ3n) is 2.96. The van der Waals surface area contributed by atoms with Crippen molar-refractivity contribution in [3.8, 4) is 0 Å². The number of rotatable bonds is 3. The molecule has 2 aromatic rings. The van der Waals surface area contributed by atoms with Crippen molar-refractivity contribution in [3.63, 3.8) is 0 Å². The molecule has 0 atom stereocenters. The van der Waals surface area contributed by atoms with E-state index in [1.54, 1.807) is 18.2 Å². The Bertz CT molecular complexity index is 760. The highest BCUT2D eigenvalue weighted by Gasteiger charge is 2.16. The van der Waals surface area contributed by atoms with Crippen LogP contribution < -0.4 is 4.72 Å². The molecule has 0 unspecified atom stereocenters. The van der Waals surface area contributed by atoms with Crippen molar-refractivity contribution in [2.45, 2.75) is 18.7 Å². The monoisotopic (exact) mass is 357 g/mol. The minimum absolute atomic E-state index is 0.0774. The van der Waals surface area contributed by atoms with Crippen LogP contribution in [0.15, 0.2) is 45.8 Å². The van der Waals surface area contributed by atoms with Gasteiger partial charge in [0.25, 0.3) is 10.0 Å². The molecule has 0 fully saturated rings. The van der Waals surface area contributed by atoms with Gasteiger partial charge >= 0.3 is 0 Å². The zero-order valence-corrected chi connectivity index (χ0v) is 13.3. The van der Waals surface area contributed by atoms with Crippen molar-refractivity contribution in [2.75, 3.05) is 4.72 Å². The van der Waals surface area contributed by atoms with E-state index in [4.69, 9.17) is 0 Å². The van der Waals surface area contributed by atoms with Crippen LogP contribution in [-0.4, -0.2) is 8.42 Å². The van der Waals surface area contributed by atoms with Crippen LogP contribution in [0.5, 0.6) is 0 Å². The van der Waals surface area contributed by atoms with Gasteiger partial charge < -0.3 is 0 Å². The van der Waals surface area contributed by atoms with Crippen LogP contribution in [-0.2, 0) is 10.0 Å². The maximum atomic E-state index is 13.7. The molecule has 0 aliphatic rings. The fraction of sp³-hybridized carbons (Fsp3) is 0.143. The summed E-state index contributed by atoms with van der Waals surface area (Å²) in [5.41, 5.74) is 1.79. The van der Waals surface area contributed by atoms with Crippen LogP contribution in [0.4, 0.5) is 10.1 Å². The van der Waals surface area contributed by atoms with Crippen LogP contribution in [0, 0.1) is 19.7 Å². The predicted octanol–water partition coefficient (Wildman–Crippen LogP) is 4.01. The Morgan fingerprint density at radius 2 is 1.75 bits per heavy atom. The van der Waals surface area contributed by atoms with Gasteiger partial charge in [-0.2, -0.15) is 0 Å². The molecule has 20 heavy (non-hydrogen) atoms. The van der Waals surface area contributed by atoms with Crippen LogP contribution >= 0.6 is 15.9 Å². The van der Waals surface area contributed by atoms with Crippen molar-refractivity contribution in [1.29, 1.82) is 0 Å². The van der Waals surface area contributed by atoms with E-state index in [2.05, 4.69) is 20.7 Å². The minimum atomic E-state index is -3.79. The largest absolute Gasteiger partial charge is 0.277 e. The third kappa shape index (κ3) is 3.19. The number of hydrogen-bond acceptors (Lipinski definition) is 2. The van der Waals surface area contributed by atoms with E-state index in [0.717, 1.165) is 11.1 Å². The highest BCUT2D eigenvalue weighted by atomic mass is 79.9. The first-order chi connectivity index (χ1) is 9.29. The highest BCUT2D eigenvalue weighted by Crippen LogP contribution is 2.23. The molecule has 0 radical (unpaired) electrons. The fourth-order valence-electron chi connectivity index (χ4n) is 1.66. The van der Waals surface area contributed by atoms with Gasteiger partial charge in [0, 0.05) is 4.47 Å². The smallest absolute Gasteiger partial charge is 0.261 e.